The third-order valence-electron chi connectivity index (χ3n) is 2.08. The number of halogens is 1. The number of fused-ring (bicyclic) bond motifs is 1. The fourth-order valence-corrected chi connectivity index (χ4v) is 3.17. The van der Waals surface area contributed by atoms with E-state index >= 15 is 0 Å². The van der Waals surface area contributed by atoms with Crippen LogP contribution in [0.1, 0.15) is 0 Å². The zero-order chi connectivity index (χ0) is 11.1. The van der Waals surface area contributed by atoms with Gasteiger partial charge in [-0.15, -0.1) is 0 Å². The molecule has 0 heterocycles. The van der Waals surface area contributed by atoms with E-state index in [0.717, 1.165) is 5.39 Å². The maximum absolute atomic E-state index is 11.1. The molecule has 0 saturated carbocycles. The summed E-state index contributed by atoms with van der Waals surface area (Å²) in [7, 11) is -4.46. The molecule has 0 bridgehead atoms. The smallest absolute Gasteiger partial charge is 0.744 e. The maximum atomic E-state index is 11.1. The maximum Gasteiger partial charge on any atom is 1.00 e. The molecule has 2 aromatic rings. The van der Waals surface area contributed by atoms with Gasteiger partial charge in [-0.2, -0.15) is 0 Å². The molecule has 3 nitrogen and oxygen atoms in total. The molecule has 0 atom stereocenters. The molecule has 0 amide bonds. The summed E-state index contributed by atoms with van der Waals surface area (Å²) >= 11 is 3.07. The van der Waals surface area contributed by atoms with E-state index in [4.69, 9.17) is 0 Å². The van der Waals surface area contributed by atoms with E-state index < -0.39 is 10.1 Å². The first kappa shape index (κ1) is 14.8. The normalized spacial score (nSPS) is 11.1. The van der Waals surface area contributed by atoms with Crippen molar-refractivity contribution in [3.8, 4) is 0 Å². The van der Waals surface area contributed by atoms with Crippen LogP contribution in [0.2, 0.25) is 0 Å². The van der Waals surface area contributed by atoms with Gasteiger partial charge in [0.25, 0.3) is 0 Å². The topological polar surface area (TPSA) is 57.2 Å². The summed E-state index contributed by atoms with van der Waals surface area (Å²) in [5.41, 5.74) is 0. The molecule has 16 heavy (non-hydrogen) atoms. The molecule has 0 spiro atoms. The SMILES string of the molecule is O=S(=O)([O-])c1c(Br)ccc2ccccc12.[K+]. The third kappa shape index (κ3) is 2.94. The predicted octanol–water partition coefficient (Wildman–Crippen LogP) is -0.490. The second-order valence-corrected chi connectivity index (χ2v) is 5.22. The Morgan fingerprint density at radius 3 is 2.31 bits per heavy atom. The van der Waals surface area contributed by atoms with E-state index in [0.29, 0.717) is 9.86 Å². The Labute approximate surface area is 145 Å². The van der Waals surface area contributed by atoms with Gasteiger partial charge in [-0.1, -0.05) is 30.3 Å². The molecule has 0 fully saturated rings. The van der Waals surface area contributed by atoms with Crippen molar-refractivity contribution in [3.05, 3.63) is 40.9 Å². The molecule has 2 rings (SSSR count). The van der Waals surface area contributed by atoms with Gasteiger partial charge in [-0.05, 0) is 27.4 Å². The molecule has 0 N–H and O–H groups in total. The fourth-order valence-electron chi connectivity index (χ4n) is 1.47. The van der Waals surface area contributed by atoms with Gasteiger partial charge in [0, 0.05) is 9.86 Å². The summed E-state index contributed by atoms with van der Waals surface area (Å²) in [6.45, 7) is 0. The molecule has 0 aliphatic heterocycles. The summed E-state index contributed by atoms with van der Waals surface area (Å²) in [6, 6.07) is 10.2. The molecule has 78 valence electrons. The Kier molecular flexibility index (Phi) is 5.16. The van der Waals surface area contributed by atoms with Gasteiger partial charge >= 0.3 is 51.4 Å². The molecule has 6 heteroatoms. The van der Waals surface area contributed by atoms with Gasteiger partial charge < -0.3 is 4.55 Å². The van der Waals surface area contributed by atoms with E-state index in [-0.39, 0.29) is 56.3 Å². The van der Waals surface area contributed by atoms with Gasteiger partial charge in [-0.25, -0.2) is 8.42 Å². The Hall–Kier alpha value is 0.726. The Balaban J connectivity index is 0.00000128. The van der Waals surface area contributed by atoms with Crippen LogP contribution < -0.4 is 51.4 Å². The summed E-state index contributed by atoms with van der Waals surface area (Å²) in [5, 5.41) is 1.18. The average molecular weight is 325 g/mol. The van der Waals surface area contributed by atoms with E-state index in [1.165, 1.54) is 0 Å². The quantitative estimate of drug-likeness (QED) is 0.525. The number of rotatable bonds is 1. The summed E-state index contributed by atoms with van der Waals surface area (Å²) in [5.74, 6) is 0. The Bertz CT molecular complexity index is 625. The van der Waals surface area contributed by atoms with Crippen LogP contribution in [0, 0.1) is 0 Å². The first-order valence-electron chi connectivity index (χ1n) is 4.13. The molecular formula is C10H6BrKO3S. The molecule has 0 aliphatic carbocycles. The van der Waals surface area contributed by atoms with Crippen LogP contribution >= 0.6 is 15.9 Å². The van der Waals surface area contributed by atoms with Crippen molar-refractivity contribution in [2.45, 2.75) is 4.90 Å². The minimum atomic E-state index is -4.46. The van der Waals surface area contributed by atoms with Crippen LogP contribution in [0.5, 0.6) is 0 Å². The van der Waals surface area contributed by atoms with Crippen molar-refractivity contribution in [1.82, 2.24) is 0 Å². The van der Waals surface area contributed by atoms with Gasteiger partial charge in [0.05, 0.1) is 4.90 Å². The molecule has 0 unspecified atom stereocenters. The molecule has 0 saturated heterocycles. The van der Waals surface area contributed by atoms with Crippen LogP contribution in [0.4, 0.5) is 0 Å². The van der Waals surface area contributed by atoms with Crippen LogP contribution in [-0.2, 0) is 10.1 Å². The number of hydrogen-bond acceptors (Lipinski definition) is 3. The molecule has 0 radical (unpaired) electrons. The monoisotopic (exact) mass is 324 g/mol. The zero-order valence-electron chi connectivity index (χ0n) is 8.48. The van der Waals surface area contributed by atoms with E-state index in [9.17, 15) is 13.0 Å². The van der Waals surface area contributed by atoms with Crippen molar-refractivity contribution >= 4 is 36.8 Å². The van der Waals surface area contributed by atoms with Crippen LogP contribution in [0.15, 0.2) is 45.8 Å². The first-order valence-corrected chi connectivity index (χ1v) is 6.33. The van der Waals surface area contributed by atoms with Gasteiger partial charge in [0.15, 0.2) is 0 Å². The third-order valence-corrected chi connectivity index (χ3v) is 3.94. The van der Waals surface area contributed by atoms with Crippen LogP contribution in [0.3, 0.4) is 0 Å². The van der Waals surface area contributed by atoms with Crippen molar-refractivity contribution in [2.75, 3.05) is 0 Å². The Morgan fingerprint density at radius 1 is 1.06 bits per heavy atom. The van der Waals surface area contributed by atoms with Gasteiger partial charge in [0.2, 0.25) is 0 Å². The second kappa shape index (κ2) is 5.58. The summed E-state index contributed by atoms with van der Waals surface area (Å²) in [4.78, 5) is -0.194. The fraction of sp³-hybridized carbons (Fsp3) is 0. The van der Waals surface area contributed by atoms with Gasteiger partial charge in [0.1, 0.15) is 10.1 Å². The van der Waals surface area contributed by atoms with Crippen molar-refractivity contribution in [2.24, 2.45) is 0 Å². The number of hydrogen-bond donors (Lipinski definition) is 0. The molecule has 0 aromatic heterocycles. The largest absolute Gasteiger partial charge is 1.00 e. The molecular weight excluding hydrogens is 319 g/mol. The van der Waals surface area contributed by atoms with E-state index in [2.05, 4.69) is 15.9 Å². The first-order chi connectivity index (χ1) is 7.00. The van der Waals surface area contributed by atoms with E-state index in [1.807, 2.05) is 0 Å². The minimum Gasteiger partial charge on any atom is -0.744 e. The van der Waals surface area contributed by atoms with Crippen molar-refractivity contribution in [3.63, 3.8) is 0 Å². The summed E-state index contributed by atoms with van der Waals surface area (Å²) in [6.07, 6.45) is 0. The average Bonchev–Trinajstić information content (AvgIpc) is 2.15. The second-order valence-electron chi connectivity index (χ2n) is 3.05. The molecule has 2 aromatic carbocycles. The summed E-state index contributed by atoms with van der Waals surface area (Å²) < 4.78 is 33.5. The van der Waals surface area contributed by atoms with Crippen LogP contribution in [-0.4, -0.2) is 13.0 Å². The zero-order valence-corrected chi connectivity index (χ0v) is 14.0. The standard InChI is InChI=1S/C10H7BrO3S.K/c11-9-6-5-7-3-1-2-4-8(7)10(9)15(12,13)14;/h1-6H,(H,12,13,14);/q;+1/p-1. The minimum absolute atomic E-state index is 0. The molecule has 0 aliphatic rings. The van der Waals surface area contributed by atoms with E-state index in [1.54, 1.807) is 36.4 Å². The van der Waals surface area contributed by atoms with Crippen LogP contribution in [0.25, 0.3) is 10.8 Å². The van der Waals surface area contributed by atoms with Crippen molar-refractivity contribution < 1.29 is 64.4 Å². The van der Waals surface area contributed by atoms with Gasteiger partial charge in [-0.3, -0.25) is 0 Å². The number of benzene rings is 2. The Morgan fingerprint density at radius 2 is 1.69 bits per heavy atom. The predicted molar refractivity (Wildman–Crippen MR) is 59.6 cm³/mol. The van der Waals surface area contributed by atoms with Crippen molar-refractivity contribution in [1.29, 1.82) is 0 Å².